The molecule has 0 spiro atoms. The largest absolute Gasteiger partial charge is 0.370 e. The van der Waals surface area contributed by atoms with Gasteiger partial charge in [0.2, 0.25) is 70.9 Å². The van der Waals surface area contributed by atoms with E-state index in [1.807, 2.05) is 27.7 Å². The summed E-state index contributed by atoms with van der Waals surface area (Å²) in [5.41, 5.74) is 16.4. The van der Waals surface area contributed by atoms with Crippen LogP contribution in [0.1, 0.15) is 224 Å². The molecule has 0 aromatic heterocycles. The number of carbonyl (C=O) groups excluding carboxylic acids is 12. The molecule has 1 heterocycles. The monoisotopic (exact) mass is 1360 g/mol. The number of nitrogens with one attached hydrogen (secondary N) is 14. The van der Waals surface area contributed by atoms with Crippen LogP contribution in [0.2, 0.25) is 0 Å². The Labute approximate surface area is 569 Å². The second kappa shape index (κ2) is 47.2. The Morgan fingerprint density at radius 1 is 0.469 bits per heavy atom. The Morgan fingerprint density at radius 3 is 1.39 bits per heavy atom. The normalized spacial score (nSPS) is 15.9. The predicted molar refractivity (Wildman–Crippen MR) is 369 cm³/mol. The van der Waals surface area contributed by atoms with Crippen molar-refractivity contribution in [3.05, 3.63) is 0 Å². The molecule has 20 N–H and O–H groups in total. The zero-order valence-electron chi connectivity index (χ0n) is 59.5. The van der Waals surface area contributed by atoms with E-state index in [0.29, 0.717) is 19.3 Å². The van der Waals surface area contributed by atoms with Crippen molar-refractivity contribution in [3.8, 4) is 0 Å². The third-order valence-corrected chi connectivity index (χ3v) is 17.0. The molecule has 0 saturated carbocycles. The lowest BCUT2D eigenvalue weighted by Gasteiger charge is -2.32. The van der Waals surface area contributed by atoms with Gasteiger partial charge >= 0.3 is 0 Å². The van der Waals surface area contributed by atoms with E-state index in [1.165, 1.54) is 83.6 Å². The van der Waals surface area contributed by atoms with Crippen LogP contribution in [0.4, 0.5) is 0 Å². The van der Waals surface area contributed by atoms with Gasteiger partial charge in [-0.3, -0.25) is 68.4 Å². The summed E-state index contributed by atoms with van der Waals surface area (Å²) < 4.78 is 0. The third kappa shape index (κ3) is 34.2. The lowest BCUT2D eigenvalue weighted by Crippen LogP contribution is -2.61. The maximum Gasteiger partial charge on any atom is 0.245 e. The topological polar surface area (TPSA) is 478 Å². The number of likely N-dealkylation sites (N-methyl/N-ethyl adjacent to an activating group) is 1. The molecule has 96 heavy (non-hydrogen) atoms. The first-order valence-corrected chi connectivity index (χ1v) is 35.0. The number of hydrogen-bond acceptors (Lipinski definition) is 14. The lowest BCUT2D eigenvalue weighted by atomic mass is 9.96. The quantitative estimate of drug-likeness (QED) is 0.0233. The number of unbranched alkanes of at least 4 members (excludes halogenated alkanes) is 12. The van der Waals surface area contributed by atoms with Crippen molar-refractivity contribution in [1.82, 2.24) is 68.7 Å². The molecule has 0 unspecified atom stereocenters. The second-order valence-electron chi connectivity index (χ2n) is 26.7. The van der Waals surface area contributed by atoms with Crippen molar-refractivity contribution in [1.29, 1.82) is 10.8 Å². The van der Waals surface area contributed by atoms with E-state index < -0.39 is 144 Å². The summed E-state index contributed by atoms with van der Waals surface area (Å²) in [5.74, 6) is -10.6. The fourth-order valence-electron chi connectivity index (χ4n) is 11.1. The van der Waals surface area contributed by atoms with E-state index >= 15 is 0 Å². The summed E-state index contributed by atoms with van der Waals surface area (Å²) in [6.07, 6.45) is 16.6. The number of nitrogens with zero attached hydrogens (tertiary/aromatic N) is 1. The molecule has 1 fully saturated rings. The highest BCUT2D eigenvalue weighted by atomic mass is 16.2. The highest BCUT2D eigenvalue weighted by Gasteiger charge is 2.41. The summed E-state index contributed by atoms with van der Waals surface area (Å²) in [7, 11) is 1.42. The molecule has 0 aliphatic carbocycles. The summed E-state index contributed by atoms with van der Waals surface area (Å²) in [5, 5.41) is 46.7. The lowest BCUT2D eigenvalue weighted by molar-refractivity contribution is -0.143. The molecule has 1 aliphatic rings. The number of amides is 12. The molecule has 1 rings (SSSR count). The summed E-state index contributed by atoms with van der Waals surface area (Å²) in [6, 6.07) is -12.4. The number of primary amides is 1. The van der Waals surface area contributed by atoms with Gasteiger partial charge in [-0.25, -0.2) is 0 Å². The molecule has 548 valence electrons. The van der Waals surface area contributed by atoms with Gasteiger partial charge in [-0.2, -0.15) is 0 Å². The Kier molecular flexibility index (Phi) is 42.3. The Hall–Kier alpha value is -7.82. The minimum Gasteiger partial charge on any atom is -0.370 e. The first-order valence-electron chi connectivity index (χ1n) is 35.0. The molecule has 30 heteroatoms. The number of carbonyl (C=O) groups is 12. The third-order valence-electron chi connectivity index (χ3n) is 17.0. The molecule has 0 aromatic rings. The summed E-state index contributed by atoms with van der Waals surface area (Å²) >= 11 is 0. The Bertz CT molecular complexity index is 2520. The van der Waals surface area contributed by atoms with Crippen molar-refractivity contribution in [3.63, 3.8) is 0 Å². The van der Waals surface area contributed by atoms with Crippen LogP contribution in [0.5, 0.6) is 0 Å². The van der Waals surface area contributed by atoms with E-state index in [-0.39, 0.29) is 94.2 Å². The molecule has 0 bridgehead atoms. The summed E-state index contributed by atoms with van der Waals surface area (Å²) in [4.78, 5) is 165. The van der Waals surface area contributed by atoms with Crippen molar-refractivity contribution in [2.45, 2.75) is 284 Å². The molecular weight excluding hydrogens is 1240 g/mol. The highest BCUT2D eigenvalue weighted by Crippen LogP contribution is 2.22. The zero-order valence-corrected chi connectivity index (χ0v) is 59.5. The van der Waals surface area contributed by atoms with Crippen LogP contribution in [-0.2, 0) is 57.5 Å². The van der Waals surface area contributed by atoms with Gasteiger partial charge in [0.15, 0.2) is 11.9 Å². The van der Waals surface area contributed by atoms with E-state index in [0.717, 1.165) is 19.3 Å². The fraction of sp³-hybridized carbons (Fsp3) is 0.788. The van der Waals surface area contributed by atoms with Crippen LogP contribution in [0.25, 0.3) is 0 Å². The van der Waals surface area contributed by atoms with Gasteiger partial charge in [-0.05, 0) is 88.9 Å². The maximum absolute atomic E-state index is 14.7. The SMILES string of the molecule is CCCCCCCCCCCCCCCC(=O)N[C@H](C(=O)N[C@H](C(=O)N[C@@H](CCCNC(=N)N)C(=O)N1CCC[C@H]1C(=O)N[C@H](C(=O)N[C@@H](C)C(=O)N[C@@H](CC(N)=O)C(=O)N[C@@H](C)C(=O)N[C@@H](CCCNC(=N)N)C(=O)N[C@@H](CC(C)C)C(=O)NC)C(C)C)C(C)C)[C@@H](C)CC. The van der Waals surface area contributed by atoms with E-state index in [2.05, 4.69) is 70.7 Å². The van der Waals surface area contributed by atoms with Crippen molar-refractivity contribution < 1.29 is 57.5 Å². The van der Waals surface area contributed by atoms with E-state index in [1.54, 1.807) is 27.7 Å². The fourth-order valence-corrected chi connectivity index (χ4v) is 11.1. The van der Waals surface area contributed by atoms with E-state index in [9.17, 15) is 57.5 Å². The van der Waals surface area contributed by atoms with Crippen LogP contribution >= 0.6 is 0 Å². The van der Waals surface area contributed by atoms with E-state index in [4.69, 9.17) is 28.0 Å². The Balaban J connectivity index is 3.21. The second-order valence-corrected chi connectivity index (χ2v) is 26.7. The van der Waals surface area contributed by atoms with Crippen LogP contribution < -0.4 is 81.0 Å². The summed E-state index contributed by atoms with van der Waals surface area (Å²) in [6.45, 7) is 19.4. The number of hydrogen-bond donors (Lipinski definition) is 17. The number of guanidine groups is 2. The molecule has 12 amide bonds. The first kappa shape index (κ1) is 86.2. The van der Waals surface area contributed by atoms with Gasteiger partial charge in [-0.1, -0.05) is 146 Å². The minimum atomic E-state index is -1.67. The molecule has 1 aliphatic heterocycles. The number of likely N-dealkylation sites (tertiary alicyclic amines) is 1. The Morgan fingerprint density at radius 2 is 0.906 bits per heavy atom. The van der Waals surface area contributed by atoms with Crippen LogP contribution in [0.3, 0.4) is 0 Å². The predicted octanol–water partition coefficient (Wildman–Crippen LogP) is 1.41. The van der Waals surface area contributed by atoms with Crippen molar-refractivity contribution >= 4 is 82.8 Å². The first-order chi connectivity index (χ1) is 45.3. The maximum atomic E-state index is 14.7. The smallest absolute Gasteiger partial charge is 0.245 e. The minimum absolute atomic E-state index is 0.00415. The molecular formula is C66H122N18O12. The van der Waals surface area contributed by atoms with Gasteiger partial charge < -0.3 is 85.9 Å². The van der Waals surface area contributed by atoms with Gasteiger partial charge in [0.25, 0.3) is 0 Å². The van der Waals surface area contributed by atoms with Crippen LogP contribution in [0, 0.1) is 34.5 Å². The molecule has 1 saturated heterocycles. The number of rotatable bonds is 49. The zero-order chi connectivity index (χ0) is 72.6. The van der Waals surface area contributed by atoms with Gasteiger partial charge in [0.1, 0.15) is 60.4 Å². The highest BCUT2D eigenvalue weighted by molar-refractivity contribution is 6.00. The van der Waals surface area contributed by atoms with Gasteiger partial charge in [0.05, 0.1) is 6.42 Å². The molecule has 0 radical (unpaired) electrons. The van der Waals surface area contributed by atoms with Crippen molar-refractivity contribution in [2.24, 2.45) is 40.9 Å². The van der Waals surface area contributed by atoms with Gasteiger partial charge in [-0.15, -0.1) is 0 Å². The molecule has 11 atom stereocenters. The van der Waals surface area contributed by atoms with Gasteiger partial charge in [0, 0.05) is 33.1 Å². The number of nitrogens with two attached hydrogens (primary N) is 3. The average molecular weight is 1360 g/mol. The van der Waals surface area contributed by atoms with Crippen LogP contribution in [0.15, 0.2) is 0 Å². The standard InChI is InChI=1S/C66H122N18O12/c1-13-15-16-17-18-19-20-21-22-23-24-25-26-33-51(86)81-54(42(9)14-2)63(95)83-53(41(7)8)62(94)78-46(31-28-35-74-66(70)71)64(96)84-36-29-32-49(84)60(92)82-52(40(5)6)61(93)76-44(11)56(88)79-48(38-50(67)85)59(91)75-43(10)55(87)77-45(30-27-34-73-65(68)69)58(90)80-47(37-39(3)4)57(89)72-12/h39-49,52-54H,13-38H2,1-12H3,(H2,67,85)(H,72,89)(H,75,91)(H,76,93)(H,77,87)(H,78,94)(H,79,88)(H,80,90)(H,81,86)(H,82,92)(H,83,95)(H4,68,69,73)(H4,70,71,74)/t42-,43-,44-,45-,46-,47-,48-,49-,52-,53-,54-/m0/s1. The molecule has 0 aromatic carbocycles. The van der Waals surface area contributed by atoms with Crippen LogP contribution in [-0.4, -0.2) is 175 Å². The van der Waals surface area contributed by atoms with Crippen molar-refractivity contribution in [2.75, 3.05) is 26.7 Å². The average Bonchev–Trinajstić information content (AvgIpc) is 1.58. The molecule has 30 nitrogen and oxygen atoms in total.